The summed E-state index contributed by atoms with van der Waals surface area (Å²) < 4.78 is 130. The number of nitrogens with zero attached hydrogens (tertiary/aromatic N) is 11. The molecule has 3 aliphatic rings. The molecule has 3 aromatic heterocycles. The highest BCUT2D eigenvalue weighted by molar-refractivity contribution is 6.06. The smallest absolute Gasteiger partial charge is 0.379 e. The molecule has 0 spiro atoms. The van der Waals surface area contributed by atoms with E-state index in [1.807, 2.05) is 56.6 Å². The number of likely N-dealkylation sites (tertiary alicyclic amines) is 1. The van der Waals surface area contributed by atoms with Gasteiger partial charge >= 0.3 is 18.5 Å². The Balaban J connectivity index is 0.000000187. The second-order valence-corrected chi connectivity index (χ2v) is 28.4. The number of guanidine groups is 1. The number of rotatable bonds is 16. The number of hydrogen-bond donors (Lipinski definition) is 6. The van der Waals surface area contributed by atoms with Crippen molar-refractivity contribution in [3.63, 3.8) is 0 Å². The minimum Gasteiger partial charge on any atom is -0.379 e. The number of nitriles is 1. The third-order valence-corrected chi connectivity index (χ3v) is 19.3. The van der Waals surface area contributed by atoms with Gasteiger partial charge in [-0.05, 0) is 178 Å². The summed E-state index contributed by atoms with van der Waals surface area (Å²) in [6.07, 6.45) is -1.90. The van der Waals surface area contributed by atoms with Crippen molar-refractivity contribution in [3.05, 3.63) is 270 Å². The van der Waals surface area contributed by atoms with Crippen molar-refractivity contribution in [1.82, 2.24) is 49.8 Å². The van der Waals surface area contributed by atoms with E-state index in [1.54, 1.807) is 97.6 Å². The SMILES string of the molecule is Cc1ccc(C(=O)Nc2ccc(CN3CCN(C)CC3)c(C(F)(F)F)c2)cc1C#Cc1cncc(CC(N)=O)c1.Cc1ccc(C(=O)Nc2ccc(CN3CCOCC3)c(C(F)(F)F)c2)cc1C#Cc1ccc(N=C(N)NC#N)nc1.Cc1ccc(C(=O)Nc2ccc(CN3CC[C@H](N(C)C)C3)c(C(F)(F)F)c2)cc1C#Cc1cncnc1. The van der Waals surface area contributed by atoms with Gasteiger partial charge in [-0.2, -0.15) is 49.8 Å². The number of pyridine rings is 2. The van der Waals surface area contributed by atoms with Crippen LogP contribution in [0.5, 0.6) is 0 Å². The van der Waals surface area contributed by atoms with E-state index in [4.69, 9.17) is 21.5 Å². The molecule has 3 fully saturated rings. The van der Waals surface area contributed by atoms with E-state index in [9.17, 15) is 58.7 Å². The molecule has 0 aliphatic carbocycles. The maximum Gasteiger partial charge on any atom is 0.416 e. The molecule has 3 aliphatic heterocycles. The van der Waals surface area contributed by atoms with Gasteiger partial charge in [0, 0.05) is 171 Å². The summed E-state index contributed by atoms with van der Waals surface area (Å²) in [6.45, 7) is 12.6. The summed E-state index contributed by atoms with van der Waals surface area (Å²) in [5, 5.41) is 18.5. The number of likely N-dealkylation sites (N-methyl/N-ethyl adjacent to an activating group) is 2. The Labute approximate surface area is 676 Å². The molecule has 12 rings (SSSR count). The molecular weight excluding hydrogens is 1530 g/mol. The Kier molecular flexibility index (Phi) is 29.8. The van der Waals surface area contributed by atoms with Crippen LogP contribution in [0, 0.1) is 67.7 Å². The van der Waals surface area contributed by atoms with Gasteiger partial charge < -0.3 is 42.0 Å². The van der Waals surface area contributed by atoms with Crippen LogP contribution in [0.4, 0.5) is 62.4 Å². The van der Waals surface area contributed by atoms with Gasteiger partial charge in [0.05, 0.1) is 41.9 Å². The zero-order chi connectivity index (χ0) is 84.8. The van der Waals surface area contributed by atoms with Crippen LogP contribution in [-0.2, 0) is 54.1 Å². The number of piperazine rings is 1. The molecule has 31 heteroatoms. The molecule has 0 unspecified atom stereocenters. The minimum absolute atomic E-state index is 0.0423. The molecule has 0 bridgehead atoms. The molecule has 4 amide bonds. The van der Waals surface area contributed by atoms with Crippen molar-refractivity contribution in [2.45, 2.75) is 77.8 Å². The maximum absolute atomic E-state index is 13.9. The van der Waals surface area contributed by atoms with Crippen molar-refractivity contribution in [2.24, 2.45) is 16.5 Å². The number of aliphatic imine (C=N–C) groups is 1. The number of ether oxygens (including phenoxy) is 1. The molecule has 0 radical (unpaired) electrons. The lowest BCUT2D eigenvalue weighted by Crippen LogP contribution is -2.44. The van der Waals surface area contributed by atoms with E-state index >= 15 is 0 Å². The molecule has 610 valence electrons. The van der Waals surface area contributed by atoms with Crippen LogP contribution in [0.1, 0.15) is 127 Å². The number of halogens is 9. The van der Waals surface area contributed by atoms with E-state index < -0.39 is 58.8 Å². The number of amides is 4. The molecule has 9 aromatic rings. The highest BCUT2D eigenvalue weighted by Gasteiger charge is 2.38. The molecule has 22 nitrogen and oxygen atoms in total. The fraction of sp³-hybridized carbons (Fsp3) is 0.287. The first-order valence-corrected chi connectivity index (χ1v) is 37.1. The second kappa shape index (κ2) is 40.1. The normalized spacial score (nSPS) is 14.7. The predicted molar refractivity (Wildman–Crippen MR) is 429 cm³/mol. The molecule has 6 heterocycles. The number of carbonyl (C=O) groups is 4. The average Bonchev–Trinajstić information content (AvgIpc) is 1.23. The van der Waals surface area contributed by atoms with Crippen molar-refractivity contribution >= 4 is 52.5 Å². The highest BCUT2D eigenvalue weighted by Crippen LogP contribution is 2.38. The summed E-state index contributed by atoms with van der Waals surface area (Å²) in [6, 6.07) is 31.8. The number of anilines is 3. The van der Waals surface area contributed by atoms with Crippen LogP contribution in [0.3, 0.4) is 0 Å². The lowest BCUT2D eigenvalue weighted by atomic mass is 10.0. The largest absolute Gasteiger partial charge is 0.416 e. The number of morpholine rings is 1. The Hall–Kier alpha value is -12.9. The number of nitrogens with two attached hydrogens (primary N) is 2. The second-order valence-electron chi connectivity index (χ2n) is 28.4. The van der Waals surface area contributed by atoms with E-state index in [0.717, 1.165) is 67.5 Å². The molecule has 0 saturated carbocycles. The summed E-state index contributed by atoms with van der Waals surface area (Å²) in [5.74, 6) is 16.0. The Morgan fingerprint density at radius 1 is 0.517 bits per heavy atom. The molecular formula is C87H84F9N17O5. The van der Waals surface area contributed by atoms with Gasteiger partial charge in [0.2, 0.25) is 11.9 Å². The number of aryl methyl sites for hydroxylation is 3. The number of hydrogen-bond acceptors (Lipinski definition) is 16. The topological polar surface area (TPSA) is 282 Å². The van der Waals surface area contributed by atoms with Gasteiger partial charge in [0.25, 0.3) is 17.7 Å². The molecule has 118 heavy (non-hydrogen) atoms. The van der Waals surface area contributed by atoms with Gasteiger partial charge in [0.1, 0.15) is 6.33 Å². The third kappa shape index (κ3) is 25.8. The van der Waals surface area contributed by atoms with E-state index in [-0.39, 0.29) is 82.7 Å². The average molecular weight is 1620 g/mol. The van der Waals surface area contributed by atoms with Gasteiger partial charge in [-0.3, -0.25) is 44.2 Å². The first-order chi connectivity index (χ1) is 56.2. The fourth-order valence-electron chi connectivity index (χ4n) is 12.7. The minimum atomic E-state index is -4.57. The summed E-state index contributed by atoms with van der Waals surface area (Å²) >= 11 is 0. The molecule has 8 N–H and O–H groups in total. The Bertz CT molecular complexity index is 5390. The fourth-order valence-corrected chi connectivity index (χ4v) is 12.7. The van der Waals surface area contributed by atoms with E-state index in [2.05, 4.69) is 91.5 Å². The number of aromatic nitrogens is 4. The quantitative estimate of drug-likeness (QED) is 0.0131. The lowest BCUT2D eigenvalue weighted by molar-refractivity contribution is -0.139. The number of alkyl halides is 9. The maximum atomic E-state index is 13.9. The van der Waals surface area contributed by atoms with Crippen molar-refractivity contribution in [3.8, 4) is 41.7 Å². The first-order valence-electron chi connectivity index (χ1n) is 37.1. The standard InChI is InChI=1S/C30H30F3N5O2.C29H26F3N7O2.C28H28F3N5O/c1-20-3-5-24(15-23(20)6-4-21-13-22(14-28(34)39)18-35-17-21)29(40)36-26-8-7-25(27(16-26)30(31,32)33)19-38-11-9-37(2)10-12-38;1-19-2-5-22(14-21(19)6-3-20-4-9-26(35-16-20)38-28(34)36-18-33)27(40)37-24-8-7-23(25(15-24)29(30,31)32)17-39-10-12-41-13-11-39;1-19-4-6-22(12-21(19)7-5-20-14-32-18-33-15-20)27(37)34-24-9-8-23(26(13-24)28(29,30)31)16-36-11-10-25(17-36)35(2)3/h3,5,7-8,13,15-18H,9-12,14,19H2,1-2H3,(H2,34,39)(H,36,40);2,4-5,7-9,14-16H,10-13,17H2,1H3,(H,37,40)(H3,34,35,36,38);4,6,8-9,12-15,18,25H,10-11,16-17H2,1-3H3,(H,34,37)/t;;25-/m..0/s1. The number of nitrogens with one attached hydrogen (secondary N) is 4. The summed E-state index contributed by atoms with van der Waals surface area (Å²) in [4.78, 5) is 80.2. The predicted octanol–water partition coefficient (Wildman–Crippen LogP) is 12.3. The van der Waals surface area contributed by atoms with Crippen molar-refractivity contribution in [2.75, 3.05) is 103 Å². The molecule has 3 saturated heterocycles. The molecule has 6 aromatic carbocycles. The van der Waals surface area contributed by atoms with Crippen LogP contribution in [0.2, 0.25) is 0 Å². The molecule has 1 atom stereocenters. The third-order valence-electron chi connectivity index (χ3n) is 19.3. The van der Waals surface area contributed by atoms with E-state index in [1.165, 1.54) is 55.1 Å². The van der Waals surface area contributed by atoms with Crippen LogP contribution in [-0.4, -0.2) is 167 Å². The summed E-state index contributed by atoms with van der Waals surface area (Å²) in [5.41, 5.74) is 16.7. The van der Waals surface area contributed by atoms with Gasteiger partial charge in [-0.15, -0.1) is 0 Å². The van der Waals surface area contributed by atoms with Crippen LogP contribution in [0.25, 0.3) is 0 Å². The Morgan fingerprint density at radius 3 is 1.38 bits per heavy atom. The zero-order valence-corrected chi connectivity index (χ0v) is 65.3. The first kappa shape index (κ1) is 87.5. The number of benzene rings is 6. The van der Waals surface area contributed by atoms with E-state index in [0.29, 0.717) is 89.9 Å². The van der Waals surface area contributed by atoms with Gasteiger partial charge in [-0.25, -0.2) is 15.0 Å². The summed E-state index contributed by atoms with van der Waals surface area (Å²) in [7, 11) is 5.95. The zero-order valence-electron chi connectivity index (χ0n) is 65.3. The lowest BCUT2D eigenvalue weighted by Gasteiger charge is -2.33. The highest BCUT2D eigenvalue weighted by atomic mass is 19.4. The monoisotopic (exact) mass is 1620 g/mol. The van der Waals surface area contributed by atoms with Crippen LogP contribution < -0.4 is 32.7 Å². The Morgan fingerprint density at radius 2 is 0.958 bits per heavy atom. The number of primary amides is 1. The van der Waals surface area contributed by atoms with Crippen LogP contribution in [0.15, 0.2) is 170 Å². The van der Waals surface area contributed by atoms with Crippen LogP contribution >= 0.6 is 0 Å². The van der Waals surface area contributed by atoms with Crippen molar-refractivity contribution < 1.29 is 63.4 Å². The van der Waals surface area contributed by atoms with Gasteiger partial charge in [0.15, 0.2) is 12.0 Å². The van der Waals surface area contributed by atoms with Crippen molar-refractivity contribution in [1.29, 1.82) is 5.26 Å². The number of carbonyl (C=O) groups excluding carboxylic acids is 4. The van der Waals surface area contributed by atoms with Gasteiger partial charge in [-0.1, -0.05) is 71.9 Å².